The molecule has 2 aliphatic heterocycles. The molecule has 6 nitrogen and oxygen atoms in total. The SMILES string of the molecule is Cc1cc(NC(=O)c2ccc(F)cc2Cl)sc1C(=O)N1CCC(CC(=O)N2CCCC2)CC1. The minimum absolute atomic E-state index is 0.0307. The summed E-state index contributed by atoms with van der Waals surface area (Å²) in [5.74, 6) is -0.457. The zero-order chi connectivity index (χ0) is 23.5. The lowest BCUT2D eigenvalue weighted by atomic mass is 9.93. The third-order valence-corrected chi connectivity index (χ3v) is 7.80. The number of aryl methyl sites for hydroxylation is 1. The summed E-state index contributed by atoms with van der Waals surface area (Å²) >= 11 is 7.20. The number of carbonyl (C=O) groups is 3. The Labute approximate surface area is 201 Å². The Morgan fingerprint density at radius 2 is 1.79 bits per heavy atom. The predicted molar refractivity (Wildman–Crippen MR) is 127 cm³/mol. The molecule has 9 heteroatoms. The van der Waals surface area contributed by atoms with Crippen LogP contribution in [0.4, 0.5) is 9.39 Å². The average Bonchev–Trinajstić information content (AvgIpc) is 3.44. The summed E-state index contributed by atoms with van der Waals surface area (Å²) < 4.78 is 13.2. The number of amides is 3. The predicted octanol–water partition coefficient (Wildman–Crippen LogP) is 4.97. The lowest BCUT2D eigenvalue weighted by Gasteiger charge is -2.32. The van der Waals surface area contributed by atoms with Gasteiger partial charge in [-0.2, -0.15) is 0 Å². The number of nitrogens with zero attached hydrogens (tertiary/aromatic N) is 2. The largest absolute Gasteiger partial charge is 0.343 e. The van der Waals surface area contributed by atoms with Crippen molar-refractivity contribution in [3.8, 4) is 0 Å². The quantitative estimate of drug-likeness (QED) is 0.642. The first kappa shape index (κ1) is 23.7. The first-order valence-electron chi connectivity index (χ1n) is 11.3. The average molecular weight is 492 g/mol. The summed E-state index contributed by atoms with van der Waals surface area (Å²) in [4.78, 5) is 42.4. The van der Waals surface area contributed by atoms with E-state index in [1.807, 2.05) is 16.7 Å². The third kappa shape index (κ3) is 5.55. The number of piperidine rings is 1. The normalized spacial score (nSPS) is 16.8. The van der Waals surface area contributed by atoms with Crippen molar-refractivity contribution in [1.82, 2.24) is 9.80 Å². The van der Waals surface area contributed by atoms with E-state index in [-0.39, 0.29) is 22.4 Å². The van der Waals surface area contributed by atoms with Gasteiger partial charge >= 0.3 is 0 Å². The summed E-state index contributed by atoms with van der Waals surface area (Å²) in [6.45, 7) is 4.84. The minimum atomic E-state index is -0.513. The van der Waals surface area contributed by atoms with Crippen LogP contribution >= 0.6 is 22.9 Å². The molecule has 4 rings (SSSR count). The van der Waals surface area contributed by atoms with Gasteiger partial charge in [0.1, 0.15) is 5.82 Å². The van der Waals surface area contributed by atoms with Crippen LogP contribution < -0.4 is 5.32 Å². The summed E-state index contributed by atoms with van der Waals surface area (Å²) in [6, 6.07) is 5.36. The monoisotopic (exact) mass is 491 g/mol. The minimum Gasteiger partial charge on any atom is -0.343 e. The van der Waals surface area contributed by atoms with E-state index in [0.29, 0.717) is 35.3 Å². The van der Waals surface area contributed by atoms with Gasteiger partial charge in [0.05, 0.1) is 20.5 Å². The van der Waals surface area contributed by atoms with E-state index in [0.717, 1.165) is 50.4 Å². The Bertz CT molecular complexity index is 1060. The Balaban J connectivity index is 1.33. The Morgan fingerprint density at radius 3 is 2.45 bits per heavy atom. The smallest absolute Gasteiger partial charge is 0.264 e. The summed E-state index contributed by atoms with van der Waals surface area (Å²) in [5, 5.41) is 3.32. The van der Waals surface area contributed by atoms with Gasteiger partial charge in [0.25, 0.3) is 11.8 Å². The molecule has 2 fully saturated rings. The number of hydrogen-bond donors (Lipinski definition) is 1. The highest BCUT2D eigenvalue weighted by Gasteiger charge is 2.29. The van der Waals surface area contributed by atoms with Gasteiger partial charge in [0, 0.05) is 32.6 Å². The van der Waals surface area contributed by atoms with Gasteiger partial charge in [-0.15, -0.1) is 11.3 Å². The van der Waals surface area contributed by atoms with Crippen molar-refractivity contribution in [3.05, 3.63) is 51.1 Å². The Hall–Kier alpha value is -2.45. The highest BCUT2D eigenvalue weighted by atomic mass is 35.5. The molecule has 3 heterocycles. The molecule has 2 aromatic rings. The highest BCUT2D eigenvalue weighted by molar-refractivity contribution is 7.18. The van der Waals surface area contributed by atoms with Crippen LogP contribution in [0.15, 0.2) is 24.3 Å². The number of anilines is 1. The van der Waals surface area contributed by atoms with Gasteiger partial charge < -0.3 is 15.1 Å². The molecule has 0 aliphatic carbocycles. The lowest BCUT2D eigenvalue weighted by Crippen LogP contribution is -2.40. The number of nitrogens with one attached hydrogen (secondary N) is 1. The zero-order valence-corrected chi connectivity index (χ0v) is 20.1. The van der Waals surface area contributed by atoms with Crippen molar-refractivity contribution in [2.24, 2.45) is 5.92 Å². The van der Waals surface area contributed by atoms with Crippen LogP contribution in [-0.2, 0) is 4.79 Å². The molecule has 0 bridgehead atoms. The molecule has 2 aliphatic rings. The molecule has 3 amide bonds. The number of carbonyl (C=O) groups excluding carboxylic acids is 3. The molecular formula is C24H27ClFN3O3S. The number of rotatable bonds is 5. The molecular weight excluding hydrogens is 465 g/mol. The molecule has 1 aromatic carbocycles. The van der Waals surface area contributed by atoms with Gasteiger partial charge in [-0.3, -0.25) is 14.4 Å². The van der Waals surface area contributed by atoms with Crippen LogP contribution in [0, 0.1) is 18.7 Å². The van der Waals surface area contributed by atoms with E-state index >= 15 is 0 Å². The molecule has 0 atom stereocenters. The van der Waals surface area contributed by atoms with E-state index in [1.165, 1.54) is 23.5 Å². The molecule has 0 saturated carbocycles. The molecule has 33 heavy (non-hydrogen) atoms. The number of halogens is 2. The lowest BCUT2D eigenvalue weighted by molar-refractivity contribution is -0.131. The van der Waals surface area contributed by atoms with Crippen molar-refractivity contribution in [2.45, 2.75) is 39.0 Å². The number of benzene rings is 1. The van der Waals surface area contributed by atoms with Crippen LogP contribution in [0.25, 0.3) is 0 Å². The first-order valence-corrected chi connectivity index (χ1v) is 12.4. The molecule has 1 N–H and O–H groups in total. The maximum atomic E-state index is 13.2. The maximum absolute atomic E-state index is 13.2. The fourth-order valence-electron chi connectivity index (χ4n) is 4.44. The van der Waals surface area contributed by atoms with E-state index in [9.17, 15) is 18.8 Å². The van der Waals surface area contributed by atoms with Crippen molar-refractivity contribution < 1.29 is 18.8 Å². The van der Waals surface area contributed by atoms with Crippen molar-refractivity contribution >= 4 is 45.7 Å². The van der Waals surface area contributed by atoms with E-state index in [4.69, 9.17) is 11.6 Å². The zero-order valence-electron chi connectivity index (χ0n) is 18.5. The molecule has 0 unspecified atom stereocenters. The fourth-order valence-corrected chi connectivity index (χ4v) is 5.72. The van der Waals surface area contributed by atoms with Gasteiger partial charge in [-0.05, 0) is 68.4 Å². The van der Waals surface area contributed by atoms with Crippen molar-refractivity contribution in [3.63, 3.8) is 0 Å². The van der Waals surface area contributed by atoms with Crippen LogP contribution in [-0.4, -0.2) is 53.7 Å². The van der Waals surface area contributed by atoms with Gasteiger partial charge in [-0.1, -0.05) is 11.6 Å². The summed E-state index contributed by atoms with van der Waals surface area (Å²) in [7, 11) is 0. The maximum Gasteiger partial charge on any atom is 0.264 e. The van der Waals surface area contributed by atoms with E-state index in [2.05, 4.69) is 5.32 Å². The topological polar surface area (TPSA) is 69.7 Å². The summed E-state index contributed by atoms with van der Waals surface area (Å²) in [6.07, 6.45) is 4.41. The molecule has 2 saturated heterocycles. The van der Waals surface area contributed by atoms with Crippen molar-refractivity contribution in [2.75, 3.05) is 31.5 Å². The Kier molecular flexibility index (Phi) is 7.34. The Morgan fingerprint density at radius 1 is 1.09 bits per heavy atom. The van der Waals surface area contributed by atoms with Gasteiger partial charge in [-0.25, -0.2) is 4.39 Å². The summed E-state index contributed by atoms with van der Waals surface area (Å²) in [5.41, 5.74) is 0.958. The molecule has 176 valence electrons. The van der Waals surface area contributed by atoms with E-state index in [1.54, 1.807) is 6.07 Å². The second-order valence-electron chi connectivity index (χ2n) is 8.73. The number of likely N-dealkylation sites (tertiary alicyclic amines) is 2. The van der Waals surface area contributed by atoms with Gasteiger partial charge in [0.15, 0.2) is 0 Å². The second kappa shape index (κ2) is 10.2. The van der Waals surface area contributed by atoms with Crippen LogP contribution in [0.2, 0.25) is 5.02 Å². The van der Waals surface area contributed by atoms with Crippen molar-refractivity contribution in [1.29, 1.82) is 0 Å². The fraction of sp³-hybridized carbons (Fsp3) is 0.458. The van der Waals surface area contributed by atoms with Crippen LogP contribution in [0.1, 0.15) is 57.7 Å². The molecule has 0 radical (unpaired) electrons. The van der Waals surface area contributed by atoms with Crippen LogP contribution in [0.5, 0.6) is 0 Å². The standard InChI is InChI=1S/C24H27ClFN3O3S/c1-15-12-20(27-23(31)18-5-4-17(26)14-19(18)25)33-22(15)24(32)29-10-6-16(7-11-29)13-21(30)28-8-2-3-9-28/h4-5,12,14,16H,2-3,6-11,13H2,1H3,(H,27,31). The number of thiophene rings is 1. The second-order valence-corrected chi connectivity index (χ2v) is 10.2. The third-order valence-electron chi connectivity index (χ3n) is 6.35. The number of hydrogen-bond acceptors (Lipinski definition) is 4. The first-order chi connectivity index (χ1) is 15.8. The van der Waals surface area contributed by atoms with Crippen LogP contribution in [0.3, 0.4) is 0 Å². The highest BCUT2D eigenvalue weighted by Crippen LogP contribution is 2.31. The molecule has 0 spiro atoms. The molecule has 1 aromatic heterocycles. The van der Waals surface area contributed by atoms with Gasteiger partial charge in [0.2, 0.25) is 5.91 Å². The van der Waals surface area contributed by atoms with E-state index < -0.39 is 11.7 Å².